The van der Waals surface area contributed by atoms with Gasteiger partial charge in [0, 0.05) is 0 Å². The minimum atomic E-state index is -0.480. The van der Waals surface area contributed by atoms with E-state index in [1.165, 1.54) is 12.1 Å². The van der Waals surface area contributed by atoms with Crippen LogP contribution < -0.4 is 5.32 Å². The highest BCUT2D eigenvalue weighted by molar-refractivity contribution is 6.44. The molecule has 1 amide bonds. The van der Waals surface area contributed by atoms with Gasteiger partial charge in [-0.1, -0.05) is 41.7 Å². The second-order valence-electron chi connectivity index (χ2n) is 4.72. The average molecular weight is 337 g/mol. The highest BCUT2D eigenvalue weighted by Crippen LogP contribution is 2.38. The summed E-state index contributed by atoms with van der Waals surface area (Å²) in [5, 5.41) is 3.34. The number of halogens is 3. The van der Waals surface area contributed by atoms with E-state index in [0.29, 0.717) is 16.6 Å². The third-order valence-corrected chi connectivity index (χ3v) is 4.08. The first kappa shape index (κ1) is 15.4. The van der Waals surface area contributed by atoms with Crippen molar-refractivity contribution in [3.63, 3.8) is 0 Å². The molecule has 0 spiro atoms. The van der Waals surface area contributed by atoms with Crippen molar-refractivity contribution in [2.75, 3.05) is 11.9 Å². The van der Waals surface area contributed by atoms with Crippen molar-refractivity contribution in [3.05, 3.63) is 27.2 Å². The molecule has 0 unspecified atom stereocenters. The van der Waals surface area contributed by atoms with Crippen LogP contribution in [0.5, 0.6) is 0 Å². The lowest BCUT2D eigenvalue weighted by atomic mass is 10.3. The van der Waals surface area contributed by atoms with E-state index in [1.807, 2.05) is 6.92 Å². The first-order chi connectivity index (χ1) is 9.38. The molecule has 0 aromatic heterocycles. The van der Waals surface area contributed by atoms with Crippen LogP contribution in [0.25, 0.3) is 0 Å². The lowest BCUT2D eigenvalue weighted by Crippen LogP contribution is -2.21. The Hall–Kier alpha value is -0.970. The van der Waals surface area contributed by atoms with Gasteiger partial charge in [0.1, 0.15) is 0 Å². The van der Waals surface area contributed by atoms with E-state index in [2.05, 4.69) is 5.32 Å². The third-order valence-electron chi connectivity index (χ3n) is 3.04. The Balaban J connectivity index is 1.88. The van der Waals surface area contributed by atoms with Crippen molar-refractivity contribution in [1.29, 1.82) is 0 Å². The number of ether oxygens (including phenoxy) is 1. The van der Waals surface area contributed by atoms with E-state index in [9.17, 15) is 9.59 Å². The second kappa shape index (κ2) is 6.20. The molecule has 1 aliphatic carbocycles. The van der Waals surface area contributed by atoms with Crippen molar-refractivity contribution in [1.82, 2.24) is 0 Å². The summed E-state index contributed by atoms with van der Waals surface area (Å²) >= 11 is 17.5. The fourth-order valence-electron chi connectivity index (χ4n) is 1.70. The van der Waals surface area contributed by atoms with Gasteiger partial charge in [-0.05, 0) is 24.5 Å². The quantitative estimate of drug-likeness (QED) is 0.672. The number of hydrogen-bond donors (Lipinski definition) is 1. The Bertz CT molecular complexity index is 562. The van der Waals surface area contributed by atoms with E-state index < -0.39 is 5.91 Å². The summed E-state index contributed by atoms with van der Waals surface area (Å²) in [4.78, 5) is 23.1. The normalized spacial score (nSPS) is 20.4. The van der Waals surface area contributed by atoms with Crippen LogP contribution in [0.2, 0.25) is 15.1 Å². The summed E-state index contributed by atoms with van der Waals surface area (Å²) in [6, 6.07) is 2.87. The van der Waals surface area contributed by atoms with Crippen LogP contribution in [0.1, 0.15) is 13.3 Å². The molecular formula is C13H12Cl3NO3. The Kier molecular flexibility index (Phi) is 4.78. The molecule has 1 aromatic carbocycles. The Morgan fingerprint density at radius 2 is 1.85 bits per heavy atom. The van der Waals surface area contributed by atoms with Gasteiger partial charge in [0.15, 0.2) is 6.61 Å². The number of nitrogens with one attached hydrogen (secondary N) is 1. The molecule has 1 aromatic rings. The lowest BCUT2D eigenvalue weighted by molar-refractivity contribution is -0.148. The van der Waals surface area contributed by atoms with Crippen LogP contribution in [0.3, 0.4) is 0 Å². The molecule has 0 aliphatic heterocycles. The molecule has 1 fully saturated rings. The van der Waals surface area contributed by atoms with E-state index in [4.69, 9.17) is 39.5 Å². The van der Waals surface area contributed by atoms with Crippen LogP contribution in [-0.4, -0.2) is 18.5 Å². The van der Waals surface area contributed by atoms with E-state index in [0.717, 1.165) is 6.42 Å². The van der Waals surface area contributed by atoms with Crippen molar-refractivity contribution >= 4 is 52.4 Å². The molecule has 4 nitrogen and oxygen atoms in total. The summed E-state index contributed by atoms with van der Waals surface area (Å²) in [7, 11) is 0. The van der Waals surface area contributed by atoms with Gasteiger partial charge in [-0.25, -0.2) is 0 Å². The molecule has 108 valence electrons. The monoisotopic (exact) mass is 335 g/mol. The topological polar surface area (TPSA) is 55.4 Å². The summed E-state index contributed by atoms with van der Waals surface area (Å²) < 4.78 is 4.91. The largest absolute Gasteiger partial charge is 0.455 e. The maximum Gasteiger partial charge on any atom is 0.309 e. The van der Waals surface area contributed by atoms with Crippen LogP contribution in [0.15, 0.2) is 12.1 Å². The zero-order chi connectivity index (χ0) is 14.9. The molecule has 2 atom stereocenters. The molecule has 2 rings (SSSR count). The highest BCUT2D eigenvalue weighted by atomic mass is 35.5. The zero-order valence-electron chi connectivity index (χ0n) is 10.6. The molecule has 0 heterocycles. The highest BCUT2D eigenvalue weighted by Gasteiger charge is 2.40. The number of benzene rings is 1. The average Bonchev–Trinajstić information content (AvgIpc) is 3.10. The maximum atomic E-state index is 11.7. The molecular weight excluding hydrogens is 325 g/mol. The predicted octanol–water partition coefficient (Wildman–Crippen LogP) is 3.78. The number of carbonyl (C=O) groups is 2. The van der Waals surface area contributed by atoms with E-state index in [-0.39, 0.29) is 28.5 Å². The lowest BCUT2D eigenvalue weighted by Gasteiger charge is -2.09. The summed E-state index contributed by atoms with van der Waals surface area (Å²) in [5.74, 6) is -0.550. The van der Waals surface area contributed by atoms with Crippen LogP contribution in [-0.2, 0) is 14.3 Å². The SMILES string of the molecule is C[C@H]1C[C@H]1C(=O)OCC(=O)Nc1cc(Cl)c(Cl)cc1Cl. The van der Waals surface area contributed by atoms with Crippen molar-refractivity contribution in [2.24, 2.45) is 11.8 Å². The summed E-state index contributed by atoms with van der Waals surface area (Å²) in [6.45, 7) is 1.61. The Morgan fingerprint density at radius 1 is 1.25 bits per heavy atom. The molecule has 0 radical (unpaired) electrons. The Morgan fingerprint density at radius 3 is 2.45 bits per heavy atom. The summed E-state index contributed by atoms with van der Waals surface area (Å²) in [5.41, 5.74) is 0.321. The smallest absolute Gasteiger partial charge is 0.309 e. The van der Waals surface area contributed by atoms with Crippen molar-refractivity contribution in [2.45, 2.75) is 13.3 Å². The van der Waals surface area contributed by atoms with Gasteiger partial charge in [0.2, 0.25) is 0 Å². The van der Waals surface area contributed by atoms with Crippen LogP contribution in [0, 0.1) is 11.8 Å². The van der Waals surface area contributed by atoms with Gasteiger partial charge in [-0.3, -0.25) is 9.59 Å². The van der Waals surface area contributed by atoms with Gasteiger partial charge < -0.3 is 10.1 Å². The fraction of sp³-hybridized carbons (Fsp3) is 0.385. The van der Waals surface area contributed by atoms with Crippen LogP contribution >= 0.6 is 34.8 Å². The molecule has 0 saturated heterocycles. The number of carbonyl (C=O) groups excluding carboxylic acids is 2. The second-order valence-corrected chi connectivity index (χ2v) is 5.94. The van der Waals surface area contributed by atoms with Crippen molar-refractivity contribution < 1.29 is 14.3 Å². The van der Waals surface area contributed by atoms with Crippen LogP contribution in [0.4, 0.5) is 5.69 Å². The molecule has 1 saturated carbocycles. The fourth-order valence-corrected chi connectivity index (χ4v) is 2.29. The molecule has 1 aliphatic rings. The number of rotatable bonds is 4. The van der Waals surface area contributed by atoms with E-state index >= 15 is 0 Å². The molecule has 0 bridgehead atoms. The number of hydrogen-bond acceptors (Lipinski definition) is 3. The number of amides is 1. The van der Waals surface area contributed by atoms with E-state index in [1.54, 1.807) is 0 Å². The maximum absolute atomic E-state index is 11.7. The third kappa shape index (κ3) is 3.78. The van der Waals surface area contributed by atoms with Gasteiger partial charge >= 0.3 is 5.97 Å². The zero-order valence-corrected chi connectivity index (χ0v) is 12.9. The molecule has 1 N–H and O–H groups in total. The van der Waals surface area contributed by atoms with Gasteiger partial charge in [0.05, 0.1) is 26.7 Å². The first-order valence-electron chi connectivity index (χ1n) is 5.99. The minimum absolute atomic E-state index is 0.0728. The predicted molar refractivity (Wildman–Crippen MR) is 78.3 cm³/mol. The number of anilines is 1. The minimum Gasteiger partial charge on any atom is -0.455 e. The van der Waals surface area contributed by atoms with Gasteiger partial charge in [0.25, 0.3) is 5.91 Å². The number of esters is 1. The first-order valence-corrected chi connectivity index (χ1v) is 7.13. The van der Waals surface area contributed by atoms with Gasteiger partial charge in [-0.15, -0.1) is 0 Å². The summed E-state index contributed by atoms with van der Waals surface area (Å²) in [6.07, 6.45) is 0.819. The Labute approximate surface area is 131 Å². The molecule has 20 heavy (non-hydrogen) atoms. The van der Waals surface area contributed by atoms with Crippen molar-refractivity contribution in [3.8, 4) is 0 Å². The standard InChI is InChI=1S/C13H12Cl3NO3/c1-6-2-7(6)13(19)20-5-12(18)17-11-4-9(15)8(14)3-10(11)16/h3-4,6-7H,2,5H2,1H3,(H,17,18)/t6-,7+/m0/s1. The molecule has 7 heteroatoms. The van der Waals surface area contributed by atoms with Gasteiger partial charge in [-0.2, -0.15) is 0 Å².